The van der Waals surface area contributed by atoms with E-state index < -0.39 is 21.3 Å². The summed E-state index contributed by atoms with van der Waals surface area (Å²) >= 11 is -2.97. The van der Waals surface area contributed by atoms with Gasteiger partial charge in [-0.2, -0.15) is 0 Å². The number of benzene rings is 4. The van der Waals surface area contributed by atoms with Crippen molar-refractivity contribution in [3.63, 3.8) is 0 Å². The maximum absolute atomic E-state index is 2.97. The second kappa shape index (κ2) is 15.2. The number of hydrogen-bond acceptors (Lipinski definition) is 0. The van der Waals surface area contributed by atoms with Gasteiger partial charge in [-0.15, -0.1) is 0 Å². The molecule has 0 heterocycles. The van der Waals surface area contributed by atoms with Crippen molar-refractivity contribution < 1.29 is 46.1 Å². The van der Waals surface area contributed by atoms with E-state index in [0.29, 0.717) is 15.5 Å². The molecule has 0 fully saturated rings. The van der Waals surface area contributed by atoms with Gasteiger partial charge in [0.25, 0.3) is 0 Å². The Bertz CT molecular complexity index is 1870. The summed E-state index contributed by atoms with van der Waals surface area (Å²) in [5, 5.41) is 0. The van der Waals surface area contributed by atoms with Gasteiger partial charge in [-0.3, -0.25) is 0 Å². The summed E-state index contributed by atoms with van der Waals surface area (Å²) in [6.07, 6.45) is 5.37. The summed E-state index contributed by atoms with van der Waals surface area (Å²) in [6.45, 7) is 30.7. The first-order valence-electron chi connectivity index (χ1n) is 18.5. The maximum Gasteiger partial charge on any atom is -1.00 e. The molecule has 0 radical (unpaired) electrons. The molecule has 4 aromatic rings. The molecule has 268 valence electrons. The molecule has 0 saturated heterocycles. The first kappa shape index (κ1) is 41.4. The van der Waals surface area contributed by atoms with Gasteiger partial charge in [0, 0.05) is 0 Å². The van der Waals surface area contributed by atoms with Crippen molar-refractivity contribution in [2.45, 2.75) is 104 Å². The van der Waals surface area contributed by atoms with Crippen molar-refractivity contribution in [1.29, 1.82) is 0 Å². The third-order valence-electron chi connectivity index (χ3n) is 10.9. The zero-order valence-electron chi connectivity index (χ0n) is 33.2. The van der Waals surface area contributed by atoms with Crippen LogP contribution in [0.15, 0.2) is 106 Å². The molecule has 0 aliphatic heterocycles. The van der Waals surface area contributed by atoms with Crippen molar-refractivity contribution >= 4 is 3.21 Å². The van der Waals surface area contributed by atoms with Crippen LogP contribution in [0.5, 0.6) is 0 Å². The predicted molar refractivity (Wildman–Crippen MR) is 211 cm³/mol. The summed E-state index contributed by atoms with van der Waals surface area (Å²) in [4.78, 5) is 0. The molecule has 6 rings (SSSR count). The fourth-order valence-electron chi connectivity index (χ4n) is 7.75. The van der Waals surface area contributed by atoms with E-state index in [1.54, 1.807) is 17.6 Å². The Hall–Kier alpha value is -2.31. The number of aryl methyl sites for hydroxylation is 2. The first-order valence-corrected chi connectivity index (χ1v) is 22.3. The summed E-state index contributed by atoms with van der Waals surface area (Å²) in [5.41, 5.74) is 16.1. The van der Waals surface area contributed by atoms with Gasteiger partial charge < -0.3 is 24.8 Å². The Balaban J connectivity index is 0.00000292. The van der Waals surface area contributed by atoms with Gasteiger partial charge in [0.15, 0.2) is 0 Å². The van der Waals surface area contributed by atoms with E-state index in [1.807, 2.05) is 0 Å². The molecule has 2 aliphatic rings. The topological polar surface area (TPSA) is 0 Å². The molecular weight excluding hydrogens is 739 g/mol. The van der Waals surface area contributed by atoms with Crippen LogP contribution in [0.3, 0.4) is 0 Å². The third kappa shape index (κ3) is 8.28. The summed E-state index contributed by atoms with van der Waals surface area (Å²) in [7, 11) is 0. The molecule has 0 saturated carbocycles. The molecule has 2 aliphatic carbocycles. The van der Waals surface area contributed by atoms with Gasteiger partial charge >= 0.3 is 308 Å². The molecule has 0 aromatic heterocycles. The van der Waals surface area contributed by atoms with E-state index in [4.69, 9.17) is 0 Å². The van der Waals surface area contributed by atoms with Gasteiger partial charge in [0.2, 0.25) is 0 Å². The average Bonchev–Trinajstić information content (AvgIpc) is 3.60. The quantitative estimate of drug-likeness (QED) is 0.204. The van der Waals surface area contributed by atoms with Crippen LogP contribution in [0.2, 0.25) is 0 Å². The van der Waals surface area contributed by atoms with E-state index >= 15 is 0 Å². The Morgan fingerprint density at radius 2 is 0.980 bits per heavy atom. The van der Waals surface area contributed by atoms with Crippen LogP contribution in [0, 0.1) is 31.1 Å². The number of allylic oxidation sites excluding steroid dienone is 4. The van der Waals surface area contributed by atoms with E-state index in [1.165, 1.54) is 50.1 Å². The molecule has 1 atom stereocenters. The van der Waals surface area contributed by atoms with Crippen molar-refractivity contribution in [2.75, 3.05) is 0 Å². The molecule has 51 heavy (non-hydrogen) atoms. The number of halogens is 2. The normalized spacial score (nSPS) is 15.6. The second-order valence-electron chi connectivity index (χ2n) is 18.3. The third-order valence-corrected chi connectivity index (χ3v) is 19.3. The van der Waals surface area contributed by atoms with Crippen molar-refractivity contribution in [3.05, 3.63) is 150 Å². The molecule has 0 N–H and O–H groups in total. The van der Waals surface area contributed by atoms with Gasteiger partial charge in [-0.1, -0.05) is 0 Å². The minimum atomic E-state index is -2.97. The van der Waals surface area contributed by atoms with E-state index in [2.05, 4.69) is 187 Å². The molecule has 0 amide bonds. The summed E-state index contributed by atoms with van der Waals surface area (Å²) in [6, 6.07) is 34.0. The Morgan fingerprint density at radius 3 is 1.33 bits per heavy atom. The molecule has 0 bridgehead atoms. The number of hydrogen-bond donors (Lipinski definition) is 0. The molecular formula is C48H58Cl2Zr. The first-order chi connectivity index (χ1) is 22.8. The molecule has 4 aromatic carbocycles. The fourth-order valence-corrected chi connectivity index (χ4v) is 17.7. The monoisotopic (exact) mass is 794 g/mol. The van der Waals surface area contributed by atoms with E-state index in [9.17, 15) is 0 Å². The Labute approximate surface area is 330 Å². The Kier molecular flexibility index (Phi) is 12.4. The van der Waals surface area contributed by atoms with Crippen LogP contribution in [-0.2, 0) is 32.1 Å². The minimum absolute atomic E-state index is 0. The molecule has 3 heteroatoms. The van der Waals surface area contributed by atoms with Gasteiger partial charge in [-0.05, 0) is 0 Å². The minimum Gasteiger partial charge on any atom is -1.00 e. The van der Waals surface area contributed by atoms with E-state index in [0.717, 1.165) is 0 Å². The molecule has 0 spiro atoms. The predicted octanol–water partition coefficient (Wildman–Crippen LogP) is 7.01. The van der Waals surface area contributed by atoms with Crippen molar-refractivity contribution in [1.82, 2.24) is 0 Å². The number of fused-ring (bicyclic) bond motifs is 3. The molecule has 1 unspecified atom stereocenters. The van der Waals surface area contributed by atoms with Crippen LogP contribution in [0.25, 0.3) is 11.1 Å². The smallest absolute Gasteiger partial charge is 1.00 e. The number of rotatable bonds is 5. The van der Waals surface area contributed by atoms with Crippen LogP contribution >= 0.6 is 0 Å². The largest absolute Gasteiger partial charge is 1.00 e. The van der Waals surface area contributed by atoms with E-state index in [-0.39, 0.29) is 41.1 Å². The summed E-state index contributed by atoms with van der Waals surface area (Å²) in [5.74, 6) is 0.972. The average molecular weight is 797 g/mol. The maximum atomic E-state index is 2.71. The zero-order chi connectivity index (χ0) is 35.6. The second-order valence-corrected chi connectivity index (χ2v) is 24.4. The van der Waals surface area contributed by atoms with Crippen molar-refractivity contribution in [3.8, 4) is 11.1 Å². The van der Waals surface area contributed by atoms with Crippen LogP contribution in [0.1, 0.15) is 124 Å². The van der Waals surface area contributed by atoms with Gasteiger partial charge in [0.05, 0.1) is 0 Å². The van der Waals surface area contributed by atoms with Crippen LogP contribution in [-0.4, -0.2) is 3.21 Å². The zero-order valence-corrected chi connectivity index (χ0v) is 37.2. The summed E-state index contributed by atoms with van der Waals surface area (Å²) < 4.78 is 3.76. The molecule has 0 nitrogen and oxygen atoms in total. The van der Waals surface area contributed by atoms with Gasteiger partial charge in [0.1, 0.15) is 0 Å². The van der Waals surface area contributed by atoms with Crippen LogP contribution in [0.4, 0.5) is 0 Å². The van der Waals surface area contributed by atoms with Gasteiger partial charge in [-0.25, -0.2) is 0 Å². The van der Waals surface area contributed by atoms with Crippen LogP contribution < -0.4 is 24.8 Å². The Morgan fingerprint density at radius 1 is 0.569 bits per heavy atom. The fraction of sp³-hybridized carbons (Fsp3) is 0.396. The van der Waals surface area contributed by atoms with Crippen molar-refractivity contribution in [2.24, 2.45) is 17.3 Å². The SMILES string of the molecule is Cc1ccc([C](c2ccc(C)cc2)=[Zr+2]([C]2=CC(C(C)(C)C)=CC2C(C)C)[CH]2c3cc(C(C)(C)C)ccc3-c3ccc(C(C)(C)C)cc32)cc1.[Cl-].[Cl-]. The standard InChI is InChI=1S/C21H25.C15H14.C12H19.2ClH.Zr/c1-20(2,3)16-7-9-18-14(12-16)11-15-13-17(21(4,5)6)8-10-19(15)18;1-12-3-7-14(8-4-12)11-15-9-5-13(2)6-10-15;1-9(2)10-6-7-11(8-10)12(3,4)5;;;/h7-13H,1-6H3;3-10H,1-2H3;7-10H,1-5H3;2*1H;/q;;;;;+2/p-2.